The van der Waals surface area contributed by atoms with Gasteiger partial charge in [0.1, 0.15) is 0 Å². The Morgan fingerprint density at radius 3 is 2.60 bits per heavy atom. The van der Waals surface area contributed by atoms with Crippen LogP contribution in [0.15, 0.2) is 24.3 Å². The fraction of sp³-hybridized carbons (Fsp3) is 0.400. The fourth-order valence-corrected chi connectivity index (χ4v) is 1.92. The predicted molar refractivity (Wildman–Crippen MR) is 73.9 cm³/mol. The highest BCUT2D eigenvalue weighted by Gasteiger charge is 2.18. The van der Waals surface area contributed by atoms with E-state index in [1.807, 2.05) is 13.8 Å². The number of aliphatic hydroxyl groups is 1. The summed E-state index contributed by atoms with van der Waals surface area (Å²) in [5, 5.41) is 12.1. The van der Waals surface area contributed by atoms with Gasteiger partial charge in [0.2, 0.25) is 5.91 Å². The lowest BCUT2D eigenvalue weighted by Gasteiger charge is -2.24. The summed E-state index contributed by atoms with van der Waals surface area (Å²) in [5.41, 5.74) is -0.206. The molecule has 1 rings (SSSR count). The molecule has 0 unspecified atom stereocenters. The number of hydrogen-bond donors (Lipinski definition) is 2. The number of rotatable bonds is 5. The first kappa shape index (κ1) is 16.3. The normalized spacial score (nSPS) is 12.4. The molecule has 1 aromatic carbocycles. The summed E-state index contributed by atoms with van der Waals surface area (Å²) in [7, 11) is 0. The van der Waals surface area contributed by atoms with E-state index in [9.17, 15) is 18.7 Å². The minimum Gasteiger partial charge on any atom is -0.392 e. The van der Waals surface area contributed by atoms with Gasteiger partial charge in [-0.05, 0) is 31.9 Å². The predicted octanol–water partition coefficient (Wildman–Crippen LogP) is 2.65. The van der Waals surface area contributed by atoms with E-state index in [1.54, 1.807) is 6.08 Å². The van der Waals surface area contributed by atoms with Gasteiger partial charge in [0.25, 0.3) is 0 Å². The number of aliphatic hydroxyl groups excluding tert-OH is 1. The molecule has 0 bridgehead atoms. The van der Waals surface area contributed by atoms with Crippen molar-refractivity contribution in [2.24, 2.45) is 0 Å². The molecule has 110 valence electrons. The van der Waals surface area contributed by atoms with Gasteiger partial charge < -0.3 is 10.4 Å². The number of hydrogen-bond acceptors (Lipinski definition) is 2. The van der Waals surface area contributed by atoms with Crippen molar-refractivity contribution in [1.29, 1.82) is 0 Å². The van der Waals surface area contributed by atoms with Crippen molar-refractivity contribution in [3.05, 3.63) is 41.5 Å². The third kappa shape index (κ3) is 4.42. The number of carbonyl (C=O) groups excluding carboxylic acids is 1. The zero-order valence-electron chi connectivity index (χ0n) is 11.8. The Labute approximate surface area is 117 Å². The molecule has 0 radical (unpaired) electrons. The van der Waals surface area contributed by atoms with Gasteiger partial charge in [-0.25, -0.2) is 8.78 Å². The second kappa shape index (κ2) is 6.61. The second-order valence-electron chi connectivity index (χ2n) is 5.26. The van der Waals surface area contributed by atoms with Crippen LogP contribution in [0.5, 0.6) is 0 Å². The van der Waals surface area contributed by atoms with Gasteiger partial charge >= 0.3 is 0 Å². The first-order chi connectivity index (χ1) is 9.26. The molecule has 1 amide bonds. The van der Waals surface area contributed by atoms with Crippen molar-refractivity contribution in [2.45, 2.75) is 32.7 Å². The van der Waals surface area contributed by atoms with Crippen molar-refractivity contribution in [3.63, 3.8) is 0 Å². The average Bonchev–Trinajstić information content (AvgIpc) is 2.33. The van der Waals surface area contributed by atoms with Gasteiger partial charge in [-0.3, -0.25) is 4.79 Å². The van der Waals surface area contributed by atoms with E-state index in [4.69, 9.17) is 0 Å². The molecule has 0 atom stereocenters. The van der Waals surface area contributed by atoms with Crippen molar-refractivity contribution in [3.8, 4) is 0 Å². The van der Waals surface area contributed by atoms with Crippen LogP contribution in [0.4, 0.5) is 8.78 Å². The zero-order valence-corrected chi connectivity index (χ0v) is 11.8. The average molecular weight is 283 g/mol. The van der Waals surface area contributed by atoms with E-state index in [0.717, 1.165) is 6.07 Å². The van der Waals surface area contributed by atoms with Crippen LogP contribution >= 0.6 is 0 Å². The summed E-state index contributed by atoms with van der Waals surface area (Å²) < 4.78 is 26.9. The lowest BCUT2D eigenvalue weighted by molar-refractivity contribution is -0.120. The van der Waals surface area contributed by atoms with Crippen LogP contribution in [0.2, 0.25) is 0 Å². The van der Waals surface area contributed by atoms with E-state index in [2.05, 4.69) is 5.32 Å². The van der Waals surface area contributed by atoms with E-state index in [0.29, 0.717) is 12.0 Å². The van der Waals surface area contributed by atoms with Crippen LogP contribution in [0, 0.1) is 11.6 Å². The number of nitrogens with one attached hydrogen (secondary N) is 1. The van der Waals surface area contributed by atoms with Crippen LogP contribution in [0.1, 0.15) is 32.8 Å². The Balaban J connectivity index is 2.99. The van der Waals surface area contributed by atoms with Crippen LogP contribution < -0.4 is 5.32 Å². The van der Waals surface area contributed by atoms with Gasteiger partial charge in [-0.1, -0.05) is 18.2 Å². The number of halogens is 2. The molecule has 0 aliphatic carbocycles. The summed E-state index contributed by atoms with van der Waals surface area (Å²) in [5.74, 6) is -2.11. The molecule has 0 aliphatic rings. The summed E-state index contributed by atoms with van der Waals surface area (Å²) in [4.78, 5) is 11.1. The van der Waals surface area contributed by atoms with Crippen molar-refractivity contribution in [1.82, 2.24) is 5.32 Å². The van der Waals surface area contributed by atoms with Crippen molar-refractivity contribution >= 4 is 11.5 Å². The Morgan fingerprint density at radius 1 is 1.40 bits per heavy atom. The third-order valence-corrected chi connectivity index (χ3v) is 2.84. The van der Waals surface area contributed by atoms with E-state index >= 15 is 0 Å². The molecular formula is C15H19F2NO2. The molecule has 0 aliphatic heterocycles. The van der Waals surface area contributed by atoms with Crippen molar-refractivity contribution < 1.29 is 18.7 Å². The largest absolute Gasteiger partial charge is 0.392 e. The standard InChI is InChI=1S/C15H19F2NO2/c1-10(20)18-15(2,3)8-7-11(9-19)12-5-4-6-13(16)14(12)17/h4-7,19H,8-9H2,1-3H3,(H,18,20)/b11-7+. The van der Waals surface area contributed by atoms with Crippen LogP contribution in [0.25, 0.3) is 5.57 Å². The summed E-state index contributed by atoms with van der Waals surface area (Å²) in [6.45, 7) is 4.62. The molecule has 1 aromatic rings. The van der Waals surface area contributed by atoms with E-state index in [1.165, 1.54) is 19.1 Å². The third-order valence-electron chi connectivity index (χ3n) is 2.84. The molecule has 3 nitrogen and oxygen atoms in total. The molecule has 0 heterocycles. The molecule has 0 saturated heterocycles. The Kier molecular flexibility index (Phi) is 5.39. The number of amides is 1. The SMILES string of the molecule is CC(=O)NC(C)(C)C/C=C(\CO)c1cccc(F)c1F. The van der Waals surface area contributed by atoms with Gasteiger partial charge in [0.05, 0.1) is 6.61 Å². The monoisotopic (exact) mass is 283 g/mol. The molecule has 0 fully saturated rings. The Bertz CT molecular complexity index is 525. The van der Waals surface area contributed by atoms with Crippen molar-refractivity contribution in [2.75, 3.05) is 6.61 Å². The molecular weight excluding hydrogens is 264 g/mol. The highest BCUT2D eigenvalue weighted by atomic mass is 19.2. The topological polar surface area (TPSA) is 49.3 Å². The van der Waals surface area contributed by atoms with E-state index in [-0.39, 0.29) is 11.5 Å². The number of benzene rings is 1. The second-order valence-corrected chi connectivity index (χ2v) is 5.26. The van der Waals surface area contributed by atoms with Crippen LogP contribution in [0.3, 0.4) is 0 Å². The molecule has 5 heteroatoms. The molecule has 0 aromatic heterocycles. The summed E-state index contributed by atoms with van der Waals surface area (Å²) in [6.07, 6.45) is 1.99. The van der Waals surface area contributed by atoms with Gasteiger partial charge in [0.15, 0.2) is 11.6 Å². The maximum absolute atomic E-state index is 13.7. The molecule has 0 spiro atoms. The fourth-order valence-electron chi connectivity index (χ4n) is 1.92. The Morgan fingerprint density at radius 2 is 2.05 bits per heavy atom. The maximum atomic E-state index is 13.7. The van der Waals surface area contributed by atoms with Crippen LogP contribution in [-0.2, 0) is 4.79 Å². The van der Waals surface area contributed by atoms with Crippen LogP contribution in [-0.4, -0.2) is 23.2 Å². The number of carbonyl (C=O) groups is 1. The minimum absolute atomic E-state index is 0.0334. The lowest BCUT2D eigenvalue weighted by Crippen LogP contribution is -2.41. The first-order valence-corrected chi connectivity index (χ1v) is 6.30. The maximum Gasteiger partial charge on any atom is 0.217 e. The lowest BCUT2D eigenvalue weighted by atomic mass is 9.96. The van der Waals surface area contributed by atoms with Gasteiger partial charge in [-0.2, -0.15) is 0 Å². The zero-order chi connectivity index (χ0) is 15.3. The molecule has 0 saturated carbocycles. The first-order valence-electron chi connectivity index (χ1n) is 6.30. The molecule has 20 heavy (non-hydrogen) atoms. The minimum atomic E-state index is -0.981. The quantitative estimate of drug-likeness (QED) is 0.872. The highest BCUT2D eigenvalue weighted by molar-refractivity contribution is 5.74. The smallest absolute Gasteiger partial charge is 0.217 e. The Hall–Kier alpha value is -1.75. The summed E-state index contributed by atoms with van der Waals surface area (Å²) >= 11 is 0. The highest BCUT2D eigenvalue weighted by Crippen LogP contribution is 2.22. The summed E-state index contributed by atoms with van der Waals surface area (Å²) in [6, 6.07) is 3.82. The van der Waals surface area contributed by atoms with E-state index < -0.39 is 23.8 Å². The van der Waals surface area contributed by atoms with Gasteiger partial charge in [0, 0.05) is 18.0 Å². The van der Waals surface area contributed by atoms with Gasteiger partial charge in [-0.15, -0.1) is 0 Å². The molecule has 2 N–H and O–H groups in total.